The molecule has 0 saturated carbocycles. The Morgan fingerprint density at radius 2 is 1.62 bits per heavy atom. The summed E-state index contributed by atoms with van der Waals surface area (Å²) in [6, 6.07) is 19.0. The number of anilines is 1. The lowest BCUT2D eigenvalue weighted by atomic mass is 10.1. The monoisotopic (exact) mass is 381 g/mol. The Bertz CT molecular complexity index is 1140. The minimum atomic E-state index is -0.464. The average Bonchev–Trinajstić information content (AvgIpc) is 2.98. The zero-order valence-corrected chi connectivity index (χ0v) is 15.3. The SMILES string of the molecule is O=C(CN1C(=O)c2ccccc2C1=O)Nc1cccc(C#Cc2ccccn2)c1. The summed E-state index contributed by atoms with van der Waals surface area (Å²) in [4.78, 5) is 42.2. The van der Waals surface area contributed by atoms with E-state index < -0.39 is 17.7 Å². The van der Waals surface area contributed by atoms with E-state index in [2.05, 4.69) is 22.1 Å². The van der Waals surface area contributed by atoms with Crippen molar-refractivity contribution in [3.8, 4) is 11.8 Å². The number of hydrogen-bond donors (Lipinski definition) is 1. The number of aromatic nitrogens is 1. The summed E-state index contributed by atoms with van der Waals surface area (Å²) >= 11 is 0. The predicted molar refractivity (Wildman–Crippen MR) is 107 cm³/mol. The second-order valence-corrected chi connectivity index (χ2v) is 6.34. The van der Waals surface area contributed by atoms with Crippen molar-refractivity contribution in [2.75, 3.05) is 11.9 Å². The van der Waals surface area contributed by atoms with Crippen molar-refractivity contribution in [2.24, 2.45) is 0 Å². The minimum Gasteiger partial charge on any atom is -0.324 e. The van der Waals surface area contributed by atoms with Crippen molar-refractivity contribution in [2.45, 2.75) is 0 Å². The average molecular weight is 381 g/mol. The lowest BCUT2D eigenvalue weighted by Crippen LogP contribution is -2.37. The standard InChI is InChI=1S/C23H15N3O3/c27-21(15-26-22(28)19-9-1-2-10-20(19)23(26)29)25-18-8-5-6-16(14-18)11-12-17-7-3-4-13-24-17/h1-10,13-14H,15H2,(H,25,27). The van der Waals surface area contributed by atoms with Crippen molar-refractivity contribution < 1.29 is 14.4 Å². The first-order chi connectivity index (χ1) is 14.1. The molecule has 0 radical (unpaired) electrons. The highest BCUT2D eigenvalue weighted by Crippen LogP contribution is 2.22. The van der Waals surface area contributed by atoms with Gasteiger partial charge in [0.15, 0.2) is 0 Å². The van der Waals surface area contributed by atoms with Gasteiger partial charge in [0.05, 0.1) is 11.1 Å². The van der Waals surface area contributed by atoms with Gasteiger partial charge in [-0.3, -0.25) is 19.3 Å². The number of nitrogens with one attached hydrogen (secondary N) is 1. The number of pyridine rings is 1. The quantitative estimate of drug-likeness (QED) is 0.559. The Labute approximate surface area is 167 Å². The van der Waals surface area contributed by atoms with Gasteiger partial charge in [-0.15, -0.1) is 0 Å². The first-order valence-corrected chi connectivity index (χ1v) is 8.90. The summed E-state index contributed by atoms with van der Waals surface area (Å²) in [6.45, 7) is -0.351. The summed E-state index contributed by atoms with van der Waals surface area (Å²) in [5.74, 6) is 4.55. The van der Waals surface area contributed by atoms with Gasteiger partial charge >= 0.3 is 0 Å². The molecule has 4 rings (SSSR count). The van der Waals surface area contributed by atoms with Gasteiger partial charge in [-0.2, -0.15) is 0 Å². The highest BCUT2D eigenvalue weighted by Gasteiger charge is 2.36. The third-order valence-corrected chi connectivity index (χ3v) is 4.33. The van der Waals surface area contributed by atoms with Crippen LogP contribution in [-0.4, -0.2) is 34.2 Å². The van der Waals surface area contributed by atoms with Crippen LogP contribution in [0.15, 0.2) is 72.9 Å². The third-order valence-electron chi connectivity index (χ3n) is 4.33. The highest BCUT2D eigenvalue weighted by molar-refractivity contribution is 6.22. The van der Waals surface area contributed by atoms with Gasteiger partial charge in [-0.05, 0) is 48.4 Å². The fourth-order valence-corrected chi connectivity index (χ4v) is 2.97. The Balaban J connectivity index is 1.44. The summed E-state index contributed by atoms with van der Waals surface area (Å²) in [7, 11) is 0. The number of rotatable bonds is 3. The Morgan fingerprint density at radius 3 is 2.31 bits per heavy atom. The van der Waals surface area contributed by atoms with Crippen LogP contribution in [0.25, 0.3) is 0 Å². The molecule has 0 atom stereocenters. The number of hydrogen-bond acceptors (Lipinski definition) is 4. The molecule has 29 heavy (non-hydrogen) atoms. The molecule has 2 heterocycles. The molecular formula is C23H15N3O3. The van der Waals surface area contributed by atoms with E-state index >= 15 is 0 Å². The summed E-state index contributed by atoms with van der Waals surface area (Å²) < 4.78 is 0. The number of carbonyl (C=O) groups is 3. The maximum Gasteiger partial charge on any atom is 0.262 e. The largest absolute Gasteiger partial charge is 0.324 e. The van der Waals surface area contributed by atoms with Crippen molar-refractivity contribution in [3.63, 3.8) is 0 Å². The van der Waals surface area contributed by atoms with E-state index in [-0.39, 0.29) is 6.54 Å². The fraction of sp³-hybridized carbons (Fsp3) is 0.0435. The minimum absolute atomic E-state index is 0.317. The van der Waals surface area contributed by atoms with Gasteiger partial charge in [0, 0.05) is 17.4 Å². The number of amides is 3. The van der Waals surface area contributed by atoms with Gasteiger partial charge in [0.25, 0.3) is 11.8 Å². The van der Waals surface area contributed by atoms with Crippen LogP contribution < -0.4 is 5.32 Å². The topological polar surface area (TPSA) is 79.4 Å². The maximum absolute atomic E-state index is 12.4. The van der Waals surface area contributed by atoms with Crippen molar-refractivity contribution in [1.29, 1.82) is 0 Å². The van der Waals surface area contributed by atoms with Gasteiger partial charge in [0.1, 0.15) is 12.2 Å². The van der Waals surface area contributed by atoms with Gasteiger partial charge in [-0.1, -0.05) is 30.2 Å². The number of fused-ring (bicyclic) bond motifs is 1. The Kier molecular flexibility index (Phi) is 4.87. The molecule has 1 aromatic heterocycles. The smallest absolute Gasteiger partial charge is 0.262 e. The van der Waals surface area contributed by atoms with E-state index in [0.29, 0.717) is 28.1 Å². The highest BCUT2D eigenvalue weighted by atomic mass is 16.2. The molecule has 0 aliphatic carbocycles. The summed E-state index contributed by atoms with van der Waals surface area (Å²) in [6.07, 6.45) is 1.67. The molecule has 0 saturated heterocycles. The fourth-order valence-electron chi connectivity index (χ4n) is 2.97. The first kappa shape index (κ1) is 18.1. The third kappa shape index (κ3) is 3.89. The molecule has 140 valence electrons. The van der Waals surface area contributed by atoms with E-state index in [0.717, 1.165) is 4.90 Å². The van der Waals surface area contributed by atoms with Crippen LogP contribution in [0.2, 0.25) is 0 Å². The molecule has 6 heteroatoms. The van der Waals surface area contributed by atoms with Gasteiger partial charge in [-0.25, -0.2) is 4.98 Å². The van der Waals surface area contributed by atoms with Crippen molar-refractivity contribution in [3.05, 3.63) is 95.3 Å². The van der Waals surface area contributed by atoms with E-state index in [4.69, 9.17) is 0 Å². The first-order valence-electron chi connectivity index (χ1n) is 8.90. The van der Waals surface area contributed by atoms with Gasteiger partial charge in [0.2, 0.25) is 5.91 Å². The molecule has 6 nitrogen and oxygen atoms in total. The predicted octanol–water partition coefficient (Wildman–Crippen LogP) is 2.72. The van der Waals surface area contributed by atoms with E-state index in [1.807, 2.05) is 18.2 Å². The normalized spacial score (nSPS) is 12.2. The number of carbonyl (C=O) groups excluding carboxylic acids is 3. The maximum atomic E-state index is 12.4. The lowest BCUT2D eigenvalue weighted by Gasteiger charge is -2.13. The van der Waals surface area contributed by atoms with Crippen LogP contribution >= 0.6 is 0 Å². The van der Waals surface area contributed by atoms with Crippen LogP contribution in [-0.2, 0) is 4.79 Å². The zero-order chi connectivity index (χ0) is 20.2. The molecule has 0 fully saturated rings. The van der Waals surface area contributed by atoms with E-state index in [1.165, 1.54) is 0 Å². The molecule has 1 aliphatic heterocycles. The molecule has 0 spiro atoms. The second-order valence-electron chi connectivity index (χ2n) is 6.34. The Morgan fingerprint density at radius 1 is 0.897 bits per heavy atom. The zero-order valence-electron chi connectivity index (χ0n) is 15.3. The van der Waals surface area contributed by atoms with Crippen LogP contribution in [0, 0.1) is 11.8 Å². The molecule has 1 aliphatic rings. The molecule has 3 aromatic rings. The second kappa shape index (κ2) is 7.79. The molecule has 2 aromatic carbocycles. The lowest BCUT2D eigenvalue weighted by molar-refractivity contribution is -0.116. The van der Waals surface area contributed by atoms with E-state index in [9.17, 15) is 14.4 Å². The van der Waals surface area contributed by atoms with Crippen molar-refractivity contribution >= 4 is 23.4 Å². The summed E-state index contributed by atoms with van der Waals surface area (Å²) in [5, 5.41) is 2.71. The van der Waals surface area contributed by atoms with Crippen molar-refractivity contribution in [1.82, 2.24) is 9.88 Å². The molecule has 1 N–H and O–H groups in total. The molecule has 0 bridgehead atoms. The summed E-state index contributed by atoms with van der Waals surface area (Å²) in [5.41, 5.74) is 2.51. The molecular weight excluding hydrogens is 366 g/mol. The van der Waals surface area contributed by atoms with Gasteiger partial charge < -0.3 is 5.32 Å². The molecule has 0 unspecified atom stereocenters. The number of imide groups is 1. The number of benzene rings is 2. The molecule has 3 amide bonds. The van der Waals surface area contributed by atoms with Crippen LogP contribution in [0.5, 0.6) is 0 Å². The number of nitrogens with zero attached hydrogens (tertiary/aromatic N) is 2. The Hall–Kier alpha value is -4.24. The van der Waals surface area contributed by atoms with Crippen LogP contribution in [0.1, 0.15) is 32.0 Å². The van der Waals surface area contributed by atoms with Crippen LogP contribution in [0.4, 0.5) is 5.69 Å². The van der Waals surface area contributed by atoms with Crippen LogP contribution in [0.3, 0.4) is 0 Å². The van der Waals surface area contributed by atoms with E-state index in [1.54, 1.807) is 54.7 Å².